The lowest BCUT2D eigenvalue weighted by atomic mass is 9.91. The molecule has 4 nitrogen and oxygen atoms in total. The molecule has 3 aromatic rings. The van der Waals surface area contributed by atoms with E-state index in [0.717, 1.165) is 11.1 Å². The van der Waals surface area contributed by atoms with Gasteiger partial charge in [0.05, 0.1) is 7.11 Å². The van der Waals surface area contributed by atoms with E-state index < -0.39 is 5.60 Å². The van der Waals surface area contributed by atoms with Crippen LogP contribution < -0.4 is 9.47 Å². The molecule has 0 fully saturated rings. The Balaban J connectivity index is 1.86. The molecule has 1 N–H and O–H groups in total. The van der Waals surface area contributed by atoms with Gasteiger partial charge in [-0.05, 0) is 29.7 Å². The molecule has 0 bridgehead atoms. The summed E-state index contributed by atoms with van der Waals surface area (Å²) in [6, 6.07) is 15.5. The van der Waals surface area contributed by atoms with Crippen molar-refractivity contribution in [2.75, 3.05) is 7.11 Å². The number of ether oxygens (including phenoxy) is 2. The number of hydrogen-bond donors (Lipinski definition) is 1. The number of rotatable bonds is 7. The van der Waals surface area contributed by atoms with E-state index in [1.165, 1.54) is 11.3 Å². The molecular formula is C20H21NO3S. The number of aromatic nitrogens is 1. The third kappa shape index (κ3) is 3.67. The van der Waals surface area contributed by atoms with Crippen LogP contribution in [-0.2, 0) is 12.2 Å². The SMILES string of the molecule is CCC(O)(c1ccc(OCc2ccccc2)c(OC)c1)c1nccs1. The molecule has 0 aliphatic rings. The van der Waals surface area contributed by atoms with Gasteiger partial charge < -0.3 is 14.6 Å². The van der Waals surface area contributed by atoms with Gasteiger partial charge in [0.1, 0.15) is 17.2 Å². The first kappa shape index (κ1) is 17.5. The molecule has 25 heavy (non-hydrogen) atoms. The summed E-state index contributed by atoms with van der Waals surface area (Å²) >= 11 is 1.44. The minimum atomic E-state index is -1.13. The second kappa shape index (κ2) is 7.68. The lowest BCUT2D eigenvalue weighted by molar-refractivity contribution is 0.0758. The highest BCUT2D eigenvalue weighted by Gasteiger charge is 2.33. The largest absolute Gasteiger partial charge is 0.493 e. The summed E-state index contributed by atoms with van der Waals surface area (Å²) in [6.07, 6.45) is 2.23. The molecule has 0 aliphatic carbocycles. The summed E-state index contributed by atoms with van der Waals surface area (Å²) in [5, 5.41) is 13.7. The maximum absolute atomic E-state index is 11.1. The summed E-state index contributed by atoms with van der Waals surface area (Å²) in [6.45, 7) is 2.40. The second-order valence-corrected chi connectivity index (χ2v) is 6.59. The van der Waals surface area contributed by atoms with Crippen LogP contribution in [0.5, 0.6) is 11.5 Å². The Morgan fingerprint density at radius 2 is 1.92 bits per heavy atom. The van der Waals surface area contributed by atoms with E-state index in [1.807, 2.05) is 60.8 Å². The molecule has 1 unspecified atom stereocenters. The Bertz CT molecular complexity index is 805. The first-order valence-corrected chi connectivity index (χ1v) is 9.03. The van der Waals surface area contributed by atoms with Gasteiger partial charge >= 0.3 is 0 Å². The molecule has 0 amide bonds. The summed E-state index contributed by atoms with van der Waals surface area (Å²) < 4.78 is 11.4. The van der Waals surface area contributed by atoms with Crippen LogP contribution in [-0.4, -0.2) is 17.2 Å². The highest BCUT2D eigenvalue weighted by Crippen LogP contribution is 2.38. The Kier molecular flexibility index (Phi) is 5.36. The smallest absolute Gasteiger partial charge is 0.161 e. The minimum Gasteiger partial charge on any atom is -0.493 e. The van der Waals surface area contributed by atoms with E-state index in [0.29, 0.717) is 29.5 Å². The fraction of sp³-hybridized carbons (Fsp3) is 0.250. The number of hydrogen-bond acceptors (Lipinski definition) is 5. The van der Waals surface area contributed by atoms with E-state index in [1.54, 1.807) is 13.3 Å². The highest BCUT2D eigenvalue weighted by molar-refractivity contribution is 7.09. The van der Waals surface area contributed by atoms with Crippen LogP contribution in [0.1, 0.15) is 29.5 Å². The second-order valence-electron chi connectivity index (χ2n) is 5.69. The standard InChI is InChI=1S/C20H21NO3S/c1-3-20(22,19-21-11-12-25-19)16-9-10-17(18(13-16)23-2)24-14-15-7-5-4-6-8-15/h4-13,22H,3,14H2,1-2H3. The van der Waals surface area contributed by atoms with Crippen LogP contribution >= 0.6 is 11.3 Å². The lowest BCUT2D eigenvalue weighted by Gasteiger charge is -2.26. The molecular weight excluding hydrogens is 334 g/mol. The Hall–Kier alpha value is -2.37. The zero-order valence-electron chi connectivity index (χ0n) is 14.3. The molecule has 0 saturated carbocycles. The molecule has 5 heteroatoms. The van der Waals surface area contributed by atoms with E-state index in [-0.39, 0.29) is 0 Å². The average molecular weight is 355 g/mol. The van der Waals surface area contributed by atoms with Crippen LogP contribution in [0.2, 0.25) is 0 Å². The molecule has 130 valence electrons. The van der Waals surface area contributed by atoms with Crippen LogP contribution in [0.3, 0.4) is 0 Å². The predicted octanol–water partition coefficient (Wildman–Crippen LogP) is 4.38. The van der Waals surface area contributed by atoms with Gasteiger partial charge in [-0.15, -0.1) is 11.3 Å². The maximum atomic E-state index is 11.1. The van der Waals surface area contributed by atoms with E-state index in [2.05, 4.69) is 4.98 Å². The van der Waals surface area contributed by atoms with Gasteiger partial charge in [0, 0.05) is 11.6 Å². The monoisotopic (exact) mass is 355 g/mol. The Labute approximate surface area is 151 Å². The van der Waals surface area contributed by atoms with Crippen molar-refractivity contribution >= 4 is 11.3 Å². The third-order valence-corrected chi connectivity index (χ3v) is 5.10. The van der Waals surface area contributed by atoms with Gasteiger partial charge in [0.25, 0.3) is 0 Å². The average Bonchev–Trinajstić information content (AvgIpc) is 3.21. The quantitative estimate of drug-likeness (QED) is 0.683. The summed E-state index contributed by atoms with van der Waals surface area (Å²) in [7, 11) is 1.60. The van der Waals surface area contributed by atoms with E-state index in [9.17, 15) is 5.11 Å². The van der Waals surface area contributed by atoms with Gasteiger partial charge in [-0.1, -0.05) is 43.3 Å². The number of thiazole rings is 1. The zero-order chi connectivity index (χ0) is 17.7. The van der Waals surface area contributed by atoms with Crippen molar-refractivity contribution < 1.29 is 14.6 Å². The van der Waals surface area contributed by atoms with Crippen molar-refractivity contribution in [3.63, 3.8) is 0 Å². The molecule has 0 spiro atoms. The van der Waals surface area contributed by atoms with Crippen molar-refractivity contribution in [2.45, 2.75) is 25.6 Å². The predicted molar refractivity (Wildman–Crippen MR) is 99.2 cm³/mol. The van der Waals surface area contributed by atoms with Gasteiger partial charge in [-0.25, -0.2) is 4.98 Å². The molecule has 2 aromatic carbocycles. The number of aliphatic hydroxyl groups is 1. The summed E-state index contributed by atoms with van der Waals surface area (Å²) in [5.74, 6) is 1.24. The molecule has 1 aromatic heterocycles. The number of benzene rings is 2. The van der Waals surface area contributed by atoms with E-state index >= 15 is 0 Å². The van der Waals surface area contributed by atoms with Crippen LogP contribution in [0.25, 0.3) is 0 Å². The fourth-order valence-electron chi connectivity index (χ4n) is 2.69. The molecule has 1 atom stereocenters. The van der Waals surface area contributed by atoms with Gasteiger partial charge in [-0.2, -0.15) is 0 Å². The number of nitrogens with zero attached hydrogens (tertiary/aromatic N) is 1. The van der Waals surface area contributed by atoms with Gasteiger partial charge in [0.2, 0.25) is 0 Å². The number of methoxy groups -OCH3 is 1. The third-order valence-electron chi connectivity index (χ3n) is 4.18. The molecule has 1 heterocycles. The van der Waals surface area contributed by atoms with E-state index in [4.69, 9.17) is 9.47 Å². The lowest BCUT2D eigenvalue weighted by Crippen LogP contribution is -2.26. The molecule has 0 aliphatic heterocycles. The summed E-state index contributed by atoms with van der Waals surface area (Å²) in [5.41, 5.74) is 0.703. The van der Waals surface area contributed by atoms with Crippen LogP contribution in [0.15, 0.2) is 60.1 Å². The highest BCUT2D eigenvalue weighted by atomic mass is 32.1. The van der Waals surface area contributed by atoms with Crippen molar-refractivity contribution in [3.05, 3.63) is 76.2 Å². The summed E-state index contributed by atoms with van der Waals surface area (Å²) in [4.78, 5) is 4.29. The Morgan fingerprint density at radius 1 is 1.12 bits per heavy atom. The first-order valence-electron chi connectivity index (χ1n) is 8.15. The normalized spacial score (nSPS) is 13.2. The van der Waals surface area contributed by atoms with Crippen LogP contribution in [0.4, 0.5) is 0 Å². The van der Waals surface area contributed by atoms with Gasteiger partial charge in [-0.3, -0.25) is 0 Å². The topological polar surface area (TPSA) is 51.6 Å². The maximum Gasteiger partial charge on any atom is 0.161 e. The molecule has 0 radical (unpaired) electrons. The van der Waals surface area contributed by atoms with Gasteiger partial charge in [0.15, 0.2) is 11.5 Å². The van der Waals surface area contributed by atoms with Crippen molar-refractivity contribution in [2.24, 2.45) is 0 Å². The van der Waals surface area contributed by atoms with Crippen molar-refractivity contribution in [3.8, 4) is 11.5 Å². The molecule has 3 rings (SSSR count). The van der Waals surface area contributed by atoms with Crippen LogP contribution in [0, 0.1) is 0 Å². The Morgan fingerprint density at radius 3 is 2.56 bits per heavy atom. The minimum absolute atomic E-state index is 0.459. The zero-order valence-corrected chi connectivity index (χ0v) is 15.1. The first-order chi connectivity index (χ1) is 12.2. The van der Waals surface area contributed by atoms with Crippen molar-refractivity contribution in [1.82, 2.24) is 4.98 Å². The van der Waals surface area contributed by atoms with Crippen molar-refractivity contribution in [1.29, 1.82) is 0 Å². The fourth-order valence-corrected chi connectivity index (χ4v) is 3.52. The molecule has 0 saturated heterocycles.